The molecule has 0 aliphatic carbocycles. The van der Waals surface area contributed by atoms with Crippen LogP contribution in [0, 0.1) is 12.8 Å². The van der Waals surface area contributed by atoms with Crippen LogP contribution in [0.3, 0.4) is 0 Å². The van der Waals surface area contributed by atoms with Crippen LogP contribution in [-0.4, -0.2) is 73.3 Å². The molecule has 0 radical (unpaired) electrons. The minimum atomic E-state index is -3.52. The van der Waals surface area contributed by atoms with Gasteiger partial charge in [-0.05, 0) is 14.0 Å². The number of aromatic nitrogens is 2. The molecule has 0 amide bonds. The second-order valence-corrected chi connectivity index (χ2v) is 7.93. The predicted octanol–water partition coefficient (Wildman–Crippen LogP) is -0.320. The van der Waals surface area contributed by atoms with E-state index >= 15 is 0 Å². The molecule has 2 atom stereocenters. The summed E-state index contributed by atoms with van der Waals surface area (Å²) >= 11 is 0. The Morgan fingerprint density at radius 2 is 2.00 bits per heavy atom. The molecular formula is C13H22N4O3S. The zero-order valence-electron chi connectivity index (χ0n) is 12.7. The fourth-order valence-corrected chi connectivity index (χ4v) is 5.09. The summed E-state index contributed by atoms with van der Waals surface area (Å²) in [4.78, 5) is 2.21. The van der Waals surface area contributed by atoms with E-state index in [2.05, 4.69) is 10.00 Å². The molecule has 0 unspecified atom stereocenters. The molecule has 2 saturated heterocycles. The maximum absolute atomic E-state index is 13.0. The van der Waals surface area contributed by atoms with Crippen molar-refractivity contribution in [2.45, 2.75) is 18.0 Å². The first kappa shape index (κ1) is 15.0. The number of ether oxygens (including phenoxy) is 1. The Bertz CT molecular complexity index is 608. The highest BCUT2D eigenvalue weighted by Crippen LogP contribution is 2.25. The summed E-state index contributed by atoms with van der Waals surface area (Å²) in [7, 11) is 0.197. The highest BCUT2D eigenvalue weighted by Gasteiger charge is 2.38. The van der Waals surface area contributed by atoms with Gasteiger partial charge in [0.2, 0.25) is 0 Å². The molecule has 3 rings (SSSR count). The van der Waals surface area contributed by atoms with E-state index in [4.69, 9.17) is 4.74 Å². The summed E-state index contributed by atoms with van der Waals surface area (Å²) in [6.45, 7) is 4.85. The van der Waals surface area contributed by atoms with E-state index < -0.39 is 10.0 Å². The maximum atomic E-state index is 13.0. The van der Waals surface area contributed by atoms with Gasteiger partial charge in [0.1, 0.15) is 0 Å². The molecule has 1 aromatic rings. The molecule has 0 saturated carbocycles. The Labute approximate surface area is 125 Å². The van der Waals surface area contributed by atoms with Gasteiger partial charge < -0.3 is 4.74 Å². The molecule has 8 heteroatoms. The van der Waals surface area contributed by atoms with E-state index in [1.165, 1.54) is 4.68 Å². The molecule has 2 aliphatic heterocycles. The molecular weight excluding hydrogens is 292 g/mol. The lowest BCUT2D eigenvalue weighted by Gasteiger charge is -2.29. The smallest absolute Gasteiger partial charge is 0.260 e. The summed E-state index contributed by atoms with van der Waals surface area (Å²) in [5, 5.41) is 4.36. The molecule has 0 N–H and O–H groups in total. The van der Waals surface area contributed by atoms with Gasteiger partial charge in [-0.15, -0.1) is 0 Å². The topological polar surface area (TPSA) is 67.7 Å². The van der Waals surface area contributed by atoms with Gasteiger partial charge in [-0.3, -0.25) is 9.58 Å². The summed E-state index contributed by atoms with van der Waals surface area (Å²) in [6.07, 6.45) is 1.60. The number of hydrogen-bond donors (Lipinski definition) is 0. The van der Waals surface area contributed by atoms with E-state index in [-0.39, 0.29) is 12.0 Å². The van der Waals surface area contributed by atoms with Gasteiger partial charge >= 0.3 is 0 Å². The van der Waals surface area contributed by atoms with Crippen LogP contribution >= 0.6 is 0 Å². The molecule has 0 spiro atoms. The minimum Gasteiger partial charge on any atom is -0.379 e. The number of fused-ring (bicyclic) bond motifs is 3. The fraction of sp³-hybridized carbons (Fsp3) is 0.769. The lowest BCUT2D eigenvalue weighted by Crippen LogP contribution is -2.45. The van der Waals surface area contributed by atoms with Crippen LogP contribution in [0.4, 0.5) is 0 Å². The van der Waals surface area contributed by atoms with E-state index in [9.17, 15) is 8.42 Å². The molecule has 3 heterocycles. The van der Waals surface area contributed by atoms with Crippen molar-refractivity contribution in [3.05, 3.63) is 11.8 Å². The van der Waals surface area contributed by atoms with Crippen molar-refractivity contribution >= 4 is 10.0 Å². The van der Waals surface area contributed by atoms with Gasteiger partial charge in [-0.1, -0.05) is 0 Å². The second-order valence-electron chi connectivity index (χ2n) is 6.08. The van der Waals surface area contributed by atoms with Crippen LogP contribution in [0.2, 0.25) is 0 Å². The zero-order valence-corrected chi connectivity index (χ0v) is 13.5. The van der Waals surface area contributed by atoms with Crippen LogP contribution in [0.1, 0.15) is 5.56 Å². The van der Waals surface area contributed by atoms with Crippen molar-refractivity contribution < 1.29 is 13.2 Å². The molecule has 21 heavy (non-hydrogen) atoms. The lowest BCUT2D eigenvalue weighted by atomic mass is 10.1. The fourth-order valence-electron chi connectivity index (χ4n) is 3.23. The van der Waals surface area contributed by atoms with E-state index in [0.29, 0.717) is 36.9 Å². The van der Waals surface area contributed by atoms with Crippen LogP contribution in [0.15, 0.2) is 11.2 Å². The molecule has 0 aromatic carbocycles. The summed E-state index contributed by atoms with van der Waals surface area (Å²) < 4.78 is 34.7. The molecule has 118 valence electrons. The highest BCUT2D eigenvalue weighted by atomic mass is 32.2. The minimum absolute atomic E-state index is 0.112. The van der Waals surface area contributed by atoms with Crippen LogP contribution in [-0.2, 0) is 21.8 Å². The quantitative estimate of drug-likeness (QED) is 0.748. The zero-order chi connectivity index (χ0) is 15.2. The van der Waals surface area contributed by atoms with Gasteiger partial charge in [-0.2, -0.15) is 9.40 Å². The largest absolute Gasteiger partial charge is 0.379 e. The molecule has 7 nitrogen and oxygen atoms in total. The lowest BCUT2D eigenvalue weighted by molar-refractivity contribution is 0.0726. The third-order valence-corrected chi connectivity index (χ3v) is 6.40. The Morgan fingerprint density at radius 3 is 2.67 bits per heavy atom. The summed E-state index contributed by atoms with van der Waals surface area (Å²) in [6, 6.07) is 0.112. The first-order valence-corrected chi connectivity index (χ1v) is 8.60. The van der Waals surface area contributed by atoms with Gasteiger partial charge in [0, 0.05) is 44.2 Å². The van der Waals surface area contributed by atoms with E-state index in [1.807, 2.05) is 7.05 Å². The Hall–Kier alpha value is -0.960. The molecule has 2 fully saturated rings. The first-order chi connectivity index (χ1) is 9.89. The van der Waals surface area contributed by atoms with Crippen molar-refractivity contribution in [2.24, 2.45) is 13.0 Å². The SMILES string of the molecule is Cc1cnn(C)c1S(=O)(=O)N1C[C@@H]2COC[C@H](C1)N(C)C2. The molecule has 2 bridgehead atoms. The second kappa shape index (κ2) is 5.35. The van der Waals surface area contributed by atoms with Crippen molar-refractivity contribution in [1.82, 2.24) is 19.0 Å². The molecule has 2 aliphatic rings. The number of sulfonamides is 1. The highest BCUT2D eigenvalue weighted by molar-refractivity contribution is 7.89. The van der Waals surface area contributed by atoms with Crippen molar-refractivity contribution in [3.8, 4) is 0 Å². The van der Waals surface area contributed by atoms with Crippen LogP contribution in [0.25, 0.3) is 0 Å². The summed E-state index contributed by atoms with van der Waals surface area (Å²) in [5.74, 6) is 0.214. The Kier molecular flexibility index (Phi) is 3.81. The average Bonchev–Trinajstić information content (AvgIpc) is 2.55. The number of likely N-dealkylation sites (N-methyl/N-ethyl adjacent to an activating group) is 1. The number of aryl methyl sites for hydroxylation is 2. The van der Waals surface area contributed by atoms with E-state index in [1.54, 1.807) is 24.5 Å². The standard InChI is InChI=1S/C13H22N4O3S/c1-10-4-14-16(3)13(10)21(18,19)17-6-11-5-15(2)12(7-17)9-20-8-11/h4,11-12H,5-9H2,1-3H3/t11-,12+/m1/s1. The maximum Gasteiger partial charge on any atom is 0.260 e. The predicted molar refractivity (Wildman–Crippen MR) is 77.4 cm³/mol. The number of hydrogen-bond acceptors (Lipinski definition) is 5. The monoisotopic (exact) mass is 314 g/mol. The Balaban J connectivity index is 1.96. The van der Waals surface area contributed by atoms with Crippen LogP contribution < -0.4 is 0 Å². The van der Waals surface area contributed by atoms with Crippen molar-refractivity contribution in [1.29, 1.82) is 0 Å². The number of nitrogens with zero attached hydrogens (tertiary/aromatic N) is 4. The van der Waals surface area contributed by atoms with Gasteiger partial charge in [0.05, 0.1) is 19.4 Å². The van der Waals surface area contributed by atoms with Gasteiger partial charge in [0.15, 0.2) is 5.03 Å². The van der Waals surface area contributed by atoms with E-state index in [0.717, 1.165) is 6.54 Å². The third kappa shape index (κ3) is 2.61. The van der Waals surface area contributed by atoms with Crippen molar-refractivity contribution in [2.75, 3.05) is 39.9 Å². The van der Waals surface area contributed by atoms with Gasteiger partial charge in [0.25, 0.3) is 10.0 Å². The van der Waals surface area contributed by atoms with Crippen molar-refractivity contribution in [3.63, 3.8) is 0 Å². The third-order valence-electron chi connectivity index (χ3n) is 4.35. The van der Waals surface area contributed by atoms with Gasteiger partial charge in [-0.25, -0.2) is 8.42 Å². The Morgan fingerprint density at radius 1 is 1.24 bits per heavy atom. The molecule has 1 aromatic heterocycles. The number of rotatable bonds is 2. The van der Waals surface area contributed by atoms with Crippen LogP contribution in [0.5, 0.6) is 0 Å². The summed E-state index contributed by atoms with van der Waals surface area (Å²) in [5.41, 5.74) is 0.691. The normalized spacial score (nSPS) is 28.5. The average molecular weight is 314 g/mol. The first-order valence-electron chi connectivity index (χ1n) is 7.16.